The van der Waals surface area contributed by atoms with Crippen LogP contribution < -0.4 is 0 Å². The van der Waals surface area contributed by atoms with Gasteiger partial charge in [0.2, 0.25) is 0 Å². The van der Waals surface area contributed by atoms with E-state index in [1.165, 1.54) is 35.1 Å². The number of hydrogen-bond acceptors (Lipinski definition) is 1. The van der Waals surface area contributed by atoms with Crippen molar-refractivity contribution >= 4 is 22.6 Å². The quantitative estimate of drug-likeness (QED) is 0.430. The number of aryl methyl sites for hydroxylation is 2. The molecule has 0 fully saturated rings. The highest BCUT2D eigenvalue weighted by molar-refractivity contribution is 14.1. The van der Waals surface area contributed by atoms with Crippen LogP contribution in [0.1, 0.15) is 48.9 Å². The van der Waals surface area contributed by atoms with Crippen LogP contribution in [0.3, 0.4) is 0 Å². The van der Waals surface area contributed by atoms with E-state index >= 15 is 0 Å². The predicted molar refractivity (Wildman–Crippen MR) is 114 cm³/mol. The van der Waals surface area contributed by atoms with Gasteiger partial charge in [0, 0.05) is 3.92 Å². The molecular weight excluding hydrogens is 407 g/mol. The summed E-state index contributed by atoms with van der Waals surface area (Å²) in [4.78, 5) is 0. The lowest BCUT2D eigenvalue weighted by atomic mass is 10.0. The Morgan fingerprint density at radius 3 is 1.75 bits per heavy atom. The van der Waals surface area contributed by atoms with Crippen molar-refractivity contribution < 1.29 is 5.11 Å². The Balaban J connectivity index is 0.000000240. The summed E-state index contributed by atoms with van der Waals surface area (Å²) in [7, 11) is 0. The van der Waals surface area contributed by atoms with Crippen molar-refractivity contribution in [2.45, 2.75) is 63.4 Å². The number of benzene rings is 2. The van der Waals surface area contributed by atoms with Crippen LogP contribution in [0.4, 0.5) is 0 Å². The number of aliphatic hydroxyl groups is 1. The second-order valence-corrected chi connectivity index (χ2v) is 8.22. The van der Waals surface area contributed by atoms with Crippen LogP contribution in [0.2, 0.25) is 0 Å². The third kappa shape index (κ3) is 8.84. The standard InChI is InChI=1S/C11H15I.C11H16O/c2*1-3-11(12)8-10-6-4-5-9(2)7-10/h4-7,11H,3,8H2,1-2H3;4-7,11-12H,3,8H2,1-2H3/t2*11-/m00/s1. The van der Waals surface area contributed by atoms with Crippen LogP contribution in [0.25, 0.3) is 0 Å². The molecule has 0 unspecified atom stereocenters. The van der Waals surface area contributed by atoms with Crippen molar-refractivity contribution in [2.75, 3.05) is 0 Å². The van der Waals surface area contributed by atoms with Crippen molar-refractivity contribution in [1.29, 1.82) is 0 Å². The molecule has 0 saturated heterocycles. The smallest absolute Gasteiger partial charge is 0.0577 e. The van der Waals surface area contributed by atoms with Crippen molar-refractivity contribution in [3.8, 4) is 0 Å². The second-order valence-electron chi connectivity index (χ2n) is 6.45. The lowest BCUT2D eigenvalue weighted by molar-refractivity contribution is 0.171. The summed E-state index contributed by atoms with van der Waals surface area (Å²) in [6, 6.07) is 17.1. The molecule has 2 heteroatoms. The van der Waals surface area contributed by atoms with Gasteiger partial charge < -0.3 is 5.11 Å². The second kappa shape index (κ2) is 11.6. The first kappa shape index (κ1) is 21.2. The van der Waals surface area contributed by atoms with Crippen LogP contribution in [0.15, 0.2) is 48.5 Å². The fraction of sp³-hybridized carbons (Fsp3) is 0.455. The van der Waals surface area contributed by atoms with E-state index in [0.717, 1.165) is 16.8 Å². The van der Waals surface area contributed by atoms with Gasteiger partial charge in [0.25, 0.3) is 0 Å². The lowest BCUT2D eigenvalue weighted by Gasteiger charge is -2.07. The van der Waals surface area contributed by atoms with Gasteiger partial charge in [-0.2, -0.15) is 0 Å². The maximum atomic E-state index is 9.40. The zero-order chi connectivity index (χ0) is 17.9. The molecule has 0 saturated carbocycles. The van der Waals surface area contributed by atoms with Gasteiger partial charge in [-0.1, -0.05) is 96.1 Å². The molecule has 0 bridgehead atoms. The largest absolute Gasteiger partial charge is 0.393 e. The SMILES string of the molecule is CC[C@H](I)Cc1cccc(C)c1.CC[C@H](O)Cc1cccc(C)c1. The Bertz CT molecular complexity index is 541. The number of rotatable bonds is 6. The van der Waals surface area contributed by atoms with Crippen LogP contribution in [0.5, 0.6) is 0 Å². The first-order valence-electron chi connectivity index (χ1n) is 8.87. The van der Waals surface area contributed by atoms with E-state index in [1.54, 1.807) is 0 Å². The van der Waals surface area contributed by atoms with E-state index in [2.05, 4.69) is 85.8 Å². The Hall–Kier alpha value is -0.870. The molecule has 2 rings (SSSR count). The number of alkyl halides is 1. The molecule has 2 aromatic carbocycles. The fourth-order valence-corrected chi connectivity index (χ4v) is 3.00. The summed E-state index contributed by atoms with van der Waals surface area (Å²) in [5, 5.41) is 9.40. The van der Waals surface area contributed by atoms with Gasteiger partial charge >= 0.3 is 0 Å². The predicted octanol–water partition coefficient (Wildman–Crippen LogP) is 6.06. The summed E-state index contributed by atoms with van der Waals surface area (Å²) in [5.41, 5.74) is 5.32. The molecule has 0 aromatic heterocycles. The molecule has 1 N–H and O–H groups in total. The summed E-state index contributed by atoms with van der Waals surface area (Å²) in [5.74, 6) is 0. The van der Waals surface area contributed by atoms with Gasteiger partial charge in [-0.25, -0.2) is 0 Å². The third-order valence-corrected chi connectivity index (χ3v) is 5.33. The van der Waals surface area contributed by atoms with E-state index in [1.807, 2.05) is 13.0 Å². The molecule has 0 aliphatic heterocycles. The maximum absolute atomic E-state index is 9.40. The highest BCUT2D eigenvalue weighted by Gasteiger charge is 2.02. The Labute approximate surface area is 161 Å². The molecular formula is C22H31IO. The first-order chi connectivity index (χ1) is 11.4. The molecule has 1 nitrogen and oxygen atoms in total. The summed E-state index contributed by atoms with van der Waals surface area (Å²) >= 11 is 2.52. The third-order valence-electron chi connectivity index (χ3n) is 4.01. The molecule has 0 amide bonds. The highest BCUT2D eigenvalue weighted by atomic mass is 127. The van der Waals surface area contributed by atoms with Gasteiger partial charge in [0.1, 0.15) is 0 Å². The van der Waals surface area contributed by atoms with Crippen molar-refractivity contribution in [1.82, 2.24) is 0 Å². The zero-order valence-electron chi connectivity index (χ0n) is 15.4. The van der Waals surface area contributed by atoms with Crippen LogP contribution in [-0.2, 0) is 12.8 Å². The Morgan fingerprint density at radius 2 is 1.33 bits per heavy atom. The zero-order valence-corrected chi connectivity index (χ0v) is 17.6. The number of aliphatic hydroxyl groups excluding tert-OH is 1. The minimum absolute atomic E-state index is 0.188. The fourth-order valence-electron chi connectivity index (χ4n) is 2.49. The van der Waals surface area contributed by atoms with Crippen molar-refractivity contribution in [2.24, 2.45) is 0 Å². The Kier molecular flexibility index (Phi) is 10.3. The van der Waals surface area contributed by atoms with E-state index in [9.17, 15) is 5.11 Å². The van der Waals surface area contributed by atoms with Gasteiger partial charge in [-0.3, -0.25) is 0 Å². The van der Waals surface area contributed by atoms with Gasteiger partial charge in [-0.05, 0) is 50.7 Å². The maximum Gasteiger partial charge on any atom is 0.0577 e. The van der Waals surface area contributed by atoms with Crippen LogP contribution in [-0.4, -0.2) is 15.1 Å². The first-order valence-corrected chi connectivity index (χ1v) is 10.1. The molecule has 0 aliphatic carbocycles. The highest BCUT2D eigenvalue weighted by Crippen LogP contribution is 2.14. The minimum atomic E-state index is -0.188. The molecule has 24 heavy (non-hydrogen) atoms. The summed E-state index contributed by atoms with van der Waals surface area (Å²) < 4.78 is 0.782. The molecule has 0 spiro atoms. The van der Waals surface area contributed by atoms with Crippen LogP contribution in [0, 0.1) is 13.8 Å². The average molecular weight is 438 g/mol. The van der Waals surface area contributed by atoms with E-state index in [0.29, 0.717) is 0 Å². The summed E-state index contributed by atoms with van der Waals surface area (Å²) in [6.45, 7) is 8.47. The number of hydrogen-bond donors (Lipinski definition) is 1. The van der Waals surface area contributed by atoms with Gasteiger partial charge in [-0.15, -0.1) is 0 Å². The van der Waals surface area contributed by atoms with Gasteiger partial charge in [0.15, 0.2) is 0 Å². The molecule has 132 valence electrons. The summed E-state index contributed by atoms with van der Waals surface area (Å²) in [6.07, 6.45) is 3.88. The number of halogens is 1. The molecule has 0 radical (unpaired) electrons. The monoisotopic (exact) mass is 438 g/mol. The molecule has 0 heterocycles. The molecule has 2 aromatic rings. The molecule has 0 aliphatic rings. The normalized spacial score (nSPS) is 12.9. The minimum Gasteiger partial charge on any atom is -0.393 e. The molecule has 2 atom stereocenters. The topological polar surface area (TPSA) is 20.2 Å². The van der Waals surface area contributed by atoms with Crippen molar-refractivity contribution in [3.05, 3.63) is 70.8 Å². The van der Waals surface area contributed by atoms with Crippen molar-refractivity contribution in [3.63, 3.8) is 0 Å². The average Bonchev–Trinajstić information content (AvgIpc) is 2.55. The Morgan fingerprint density at radius 1 is 0.833 bits per heavy atom. The van der Waals surface area contributed by atoms with Crippen LogP contribution >= 0.6 is 22.6 Å². The lowest BCUT2D eigenvalue weighted by Crippen LogP contribution is -2.08. The van der Waals surface area contributed by atoms with E-state index < -0.39 is 0 Å². The van der Waals surface area contributed by atoms with E-state index in [-0.39, 0.29) is 6.10 Å². The van der Waals surface area contributed by atoms with Gasteiger partial charge in [0.05, 0.1) is 6.10 Å². The van der Waals surface area contributed by atoms with E-state index in [4.69, 9.17) is 0 Å².